The van der Waals surface area contributed by atoms with E-state index in [1.165, 1.54) is 12.8 Å². The largest absolute Gasteiger partial charge is 0.493 e. The summed E-state index contributed by atoms with van der Waals surface area (Å²) in [6.07, 6.45) is 3.38. The molecule has 0 aliphatic heterocycles. The fourth-order valence-corrected chi connectivity index (χ4v) is 1.92. The van der Waals surface area contributed by atoms with Gasteiger partial charge in [-0.1, -0.05) is 13.0 Å². The second kappa shape index (κ2) is 7.88. The molecule has 2 rings (SSSR count). The minimum atomic E-state index is -0.0928. The Bertz CT molecular complexity index is 473. The number of rotatable bonds is 9. The first kappa shape index (κ1) is 15.6. The third kappa shape index (κ3) is 5.27. The molecule has 3 N–H and O–H groups in total. The molecule has 1 aromatic rings. The first-order valence-electron chi connectivity index (χ1n) is 7.58. The third-order valence-electron chi connectivity index (χ3n) is 3.37. The molecule has 1 aliphatic rings. The Balaban J connectivity index is 1.87. The van der Waals surface area contributed by atoms with Crippen molar-refractivity contribution in [2.75, 3.05) is 19.8 Å². The second-order valence-electron chi connectivity index (χ2n) is 5.36. The van der Waals surface area contributed by atoms with Crippen LogP contribution in [0.1, 0.15) is 31.7 Å². The van der Waals surface area contributed by atoms with E-state index in [0.717, 1.165) is 24.3 Å². The second-order valence-corrected chi connectivity index (χ2v) is 5.36. The van der Waals surface area contributed by atoms with Crippen LogP contribution in [0.5, 0.6) is 11.5 Å². The molecule has 0 saturated heterocycles. The van der Waals surface area contributed by atoms with Gasteiger partial charge in [0.15, 0.2) is 6.61 Å². The van der Waals surface area contributed by atoms with E-state index in [9.17, 15) is 4.79 Å². The molecular formula is C16H24N2O3. The number of benzene rings is 1. The number of nitrogens with two attached hydrogens (primary N) is 1. The van der Waals surface area contributed by atoms with E-state index in [1.54, 1.807) is 6.07 Å². The number of hydrogen-bond donors (Lipinski definition) is 2. The molecule has 21 heavy (non-hydrogen) atoms. The summed E-state index contributed by atoms with van der Waals surface area (Å²) in [7, 11) is 0. The van der Waals surface area contributed by atoms with Crippen LogP contribution in [0.4, 0.5) is 0 Å². The number of hydrogen-bond acceptors (Lipinski definition) is 4. The molecule has 0 atom stereocenters. The van der Waals surface area contributed by atoms with Crippen LogP contribution in [0.2, 0.25) is 0 Å². The highest BCUT2D eigenvalue weighted by Gasteiger charge is 2.21. The molecule has 1 fully saturated rings. The Morgan fingerprint density at radius 2 is 2.19 bits per heavy atom. The lowest BCUT2D eigenvalue weighted by Crippen LogP contribution is -2.30. The SMILES string of the molecule is CCCOc1ccc(CN)c(OCC(=O)NCC2CC2)c1. The van der Waals surface area contributed by atoms with E-state index < -0.39 is 0 Å². The maximum absolute atomic E-state index is 11.7. The molecule has 0 bridgehead atoms. The number of carbonyl (C=O) groups is 1. The summed E-state index contributed by atoms with van der Waals surface area (Å²) in [5, 5.41) is 2.87. The van der Waals surface area contributed by atoms with Crippen molar-refractivity contribution in [3.63, 3.8) is 0 Å². The maximum Gasteiger partial charge on any atom is 0.257 e. The molecular weight excluding hydrogens is 268 g/mol. The van der Waals surface area contributed by atoms with Gasteiger partial charge in [0.25, 0.3) is 5.91 Å². The monoisotopic (exact) mass is 292 g/mol. The van der Waals surface area contributed by atoms with Crippen molar-refractivity contribution in [2.45, 2.75) is 32.7 Å². The Hall–Kier alpha value is -1.75. The van der Waals surface area contributed by atoms with E-state index in [4.69, 9.17) is 15.2 Å². The Labute approximate surface area is 125 Å². The topological polar surface area (TPSA) is 73.6 Å². The van der Waals surface area contributed by atoms with Crippen LogP contribution in [-0.2, 0) is 11.3 Å². The van der Waals surface area contributed by atoms with Gasteiger partial charge < -0.3 is 20.5 Å². The van der Waals surface area contributed by atoms with Crippen LogP contribution in [0.25, 0.3) is 0 Å². The van der Waals surface area contributed by atoms with Gasteiger partial charge in [0.2, 0.25) is 0 Å². The number of nitrogens with one attached hydrogen (secondary N) is 1. The normalized spacial score (nSPS) is 13.8. The number of ether oxygens (including phenoxy) is 2. The van der Waals surface area contributed by atoms with Crippen LogP contribution in [0, 0.1) is 5.92 Å². The summed E-state index contributed by atoms with van der Waals surface area (Å²) < 4.78 is 11.2. The smallest absolute Gasteiger partial charge is 0.257 e. The molecule has 1 aliphatic carbocycles. The van der Waals surface area contributed by atoms with Crippen molar-refractivity contribution in [1.82, 2.24) is 5.32 Å². The van der Waals surface area contributed by atoms with E-state index >= 15 is 0 Å². The van der Waals surface area contributed by atoms with Gasteiger partial charge in [0, 0.05) is 24.7 Å². The summed E-state index contributed by atoms with van der Waals surface area (Å²) in [5.74, 6) is 1.93. The molecule has 0 heterocycles. The lowest BCUT2D eigenvalue weighted by Gasteiger charge is -2.13. The van der Waals surface area contributed by atoms with Crippen LogP contribution < -0.4 is 20.5 Å². The van der Waals surface area contributed by atoms with E-state index in [-0.39, 0.29) is 12.5 Å². The zero-order valence-electron chi connectivity index (χ0n) is 12.6. The lowest BCUT2D eigenvalue weighted by atomic mass is 10.2. The quantitative estimate of drug-likeness (QED) is 0.728. The molecule has 0 spiro atoms. The average Bonchev–Trinajstić information content (AvgIpc) is 3.33. The Morgan fingerprint density at radius 3 is 2.86 bits per heavy atom. The van der Waals surface area contributed by atoms with Gasteiger partial charge in [-0.15, -0.1) is 0 Å². The molecule has 5 nitrogen and oxygen atoms in total. The van der Waals surface area contributed by atoms with Crippen molar-refractivity contribution in [3.05, 3.63) is 23.8 Å². The lowest BCUT2D eigenvalue weighted by molar-refractivity contribution is -0.123. The highest BCUT2D eigenvalue weighted by molar-refractivity contribution is 5.77. The van der Waals surface area contributed by atoms with Crippen LogP contribution in [-0.4, -0.2) is 25.7 Å². The molecule has 116 valence electrons. The third-order valence-corrected chi connectivity index (χ3v) is 3.37. The predicted octanol–water partition coefficient (Wildman–Crippen LogP) is 1.84. The Morgan fingerprint density at radius 1 is 1.38 bits per heavy atom. The van der Waals surface area contributed by atoms with Gasteiger partial charge in [-0.25, -0.2) is 0 Å². The first-order chi connectivity index (χ1) is 10.2. The van der Waals surface area contributed by atoms with Gasteiger partial charge in [0.1, 0.15) is 11.5 Å². The summed E-state index contributed by atoms with van der Waals surface area (Å²) in [5.41, 5.74) is 6.56. The molecule has 0 aromatic heterocycles. The summed E-state index contributed by atoms with van der Waals surface area (Å²) in [6, 6.07) is 5.55. The van der Waals surface area contributed by atoms with E-state index in [1.807, 2.05) is 12.1 Å². The number of carbonyl (C=O) groups excluding carboxylic acids is 1. The van der Waals surface area contributed by atoms with Crippen molar-refractivity contribution in [3.8, 4) is 11.5 Å². The predicted molar refractivity (Wildman–Crippen MR) is 81.3 cm³/mol. The van der Waals surface area contributed by atoms with Gasteiger partial charge >= 0.3 is 0 Å². The molecule has 1 aromatic carbocycles. The first-order valence-corrected chi connectivity index (χ1v) is 7.58. The fourth-order valence-electron chi connectivity index (χ4n) is 1.92. The molecule has 1 saturated carbocycles. The van der Waals surface area contributed by atoms with Crippen LogP contribution >= 0.6 is 0 Å². The van der Waals surface area contributed by atoms with Crippen molar-refractivity contribution in [2.24, 2.45) is 11.7 Å². The zero-order chi connectivity index (χ0) is 15.1. The zero-order valence-corrected chi connectivity index (χ0v) is 12.6. The fraction of sp³-hybridized carbons (Fsp3) is 0.562. The minimum Gasteiger partial charge on any atom is -0.493 e. The van der Waals surface area contributed by atoms with Gasteiger partial charge in [0.05, 0.1) is 6.61 Å². The maximum atomic E-state index is 11.7. The Kier molecular flexibility index (Phi) is 5.87. The summed E-state index contributed by atoms with van der Waals surface area (Å²) >= 11 is 0. The van der Waals surface area contributed by atoms with Crippen molar-refractivity contribution < 1.29 is 14.3 Å². The van der Waals surface area contributed by atoms with Crippen molar-refractivity contribution in [1.29, 1.82) is 0 Å². The molecule has 0 unspecified atom stereocenters. The van der Waals surface area contributed by atoms with Gasteiger partial charge in [-0.2, -0.15) is 0 Å². The molecule has 5 heteroatoms. The van der Waals surface area contributed by atoms with E-state index in [0.29, 0.717) is 24.8 Å². The number of amides is 1. The van der Waals surface area contributed by atoms with Gasteiger partial charge in [-0.3, -0.25) is 4.79 Å². The highest BCUT2D eigenvalue weighted by Crippen LogP contribution is 2.27. The highest BCUT2D eigenvalue weighted by atomic mass is 16.5. The summed E-state index contributed by atoms with van der Waals surface area (Å²) in [6.45, 7) is 3.84. The average molecular weight is 292 g/mol. The summed E-state index contributed by atoms with van der Waals surface area (Å²) in [4.78, 5) is 11.7. The molecule has 1 amide bonds. The van der Waals surface area contributed by atoms with Crippen molar-refractivity contribution >= 4 is 5.91 Å². The molecule has 0 radical (unpaired) electrons. The van der Waals surface area contributed by atoms with Crippen LogP contribution in [0.15, 0.2) is 18.2 Å². The standard InChI is InChI=1S/C16H24N2O3/c1-2-7-20-14-6-5-13(9-17)15(8-14)21-11-16(19)18-10-12-3-4-12/h5-6,8,12H,2-4,7,9-11,17H2,1H3,(H,18,19). The van der Waals surface area contributed by atoms with Crippen LogP contribution in [0.3, 0.4) is 0 Å². The minimum absolute atomic E-state index is 0.0109. The van der Waals surface area contributed by atoms with Gasteiger partial charge in [-0.05, 0) is 31.2 Å². The van der Waals surface area contributed by atoms with E-state index in [2.05, 4.69) is 12.2 Å².